The molecule has 2 N–H and O–H groups in total. The average Bonchev–Trinajstić information content (AvgIpc) is 2.41. The fourth-order valence-electron chi connectivity index (χ4n) is 2.57. The number of hydrogen-bond donors (Lipinski definition) is 1. The maximum absolute atomic E-state index is 6.40. The van der Waals surface area contributed by atoms with Gasteiger partial charge in [0.15, 0.2) is 0 Å². The van der Waals surface area contributed by atoms with Gasteiger partial charge in [0.2, 0.25) is 0 Å². The number of rotatable bonds is 3. The highest BCUT2D eigenvalue weighted by Crippen LogP contribution is 2.23. The van der Waals surface area contributed by atoms with E-state index in [0.29, 0.717) is 6.04 Å². The summed E-state index contributed by atoms with van der Waals surface area (Å²) in [6.45, 7) is 11.4. The van der Waals surface area contributed by atoms with Gasteiger partial charge in [-0.05, 0) is 44.4 Å². The molecule has 1 saturated heterocycles. The molecule has 1 heterocycles. The number of morpholine rings is 1. The van der Waals surface area contributed by atoms with Gasteiger partial charge in [0.05, 0.1) is 18.8 Å². The zero-order chi connectivity index (χ0) is 14.0. The van der Waals surface area contributed by atoms with E-state index >= 15 is 0 Å². The molecule has 0 bridgehead atoms. The maximum Gasteiger partial charge on any atom is 0.0894 e. The Bertz CT molecular complexity index is 431. The van der Waals surface area contributed by atoms with E-state index in [4.69, 9.17) is 10.5 Å². The summed E-state index contributed by atoms with van der Waals surface area (Å²) >= 11 is 0. The van der Waals surface area contributed by atoms with Crippen molar-refractivity contribution in [3.05, 3.63) is 34.9 Å². The molecule has 2 unspecified atom stereocenters. The third-order valence-electron chi connectivity index (χ3n) is 4.17. The van der Waals surface area contributed by atoms with E-state index < -0.39 is 0 Å². The SMILES string of the molecule is Cc1ccc(C(N)C2CN(C(C)C)CCO2)cc1C. The fraction of sp³-hybridized carbons (Fsp3) is 0.625. The minimum Gasteiger partial charge on any atom is -0.374 e. The first-order chi connectivity index (χ1) is 8.99. The summed E-state index contributed by atoms with van der Waals surface area (Å²) < 4.78 is 5.88. The van der Waals surface area contributed by atoms with Gasteiger partial charge in [0.25, 0.3) is 0 Å². The van der Waals surface area contributed by atoms with Crippen molar-refractivity contribution in [2.24, 2.45) is 5.73 Å². The average molecular weight is 262 g/mol. The summed E-state index contributed by atoms with van der Waals surface area (Å²) in [7, 11) is 0. The molecule has 2 rings (SSSR count). The lowest BCUT2D eigenvalue weighted by atomic mass is 9.97. The third kappa shape index (κ3) is 3.35. The Labute approximate surface area is 116 Å². The first kappa shape index (κ1) is 14.5. The van der Waals surface area contributed by atoms with Gasteiger partial charge in [-0.25, -0.2) is 0 Å². The van der Waals surface area contributed by atoms with Crippen molar-refractivity contribution in [1.82, 2.24) is 4.90 Å². The van der Waals surface area contributed by atoms with Crippen LogP contribution in [0.4, 0.5) is 0 Å². The molecule has 3 nitrogen and oxygen atoms in total. The minimum absolute atomic E-state index is 0.0409. The van der Waals surface area contributed by atoms with Crippen molar-refractivity contribution in [2.45, 2.75) is 45.9 Å². The maximum atomic E-state index is 6.40. The summed E-state index contributed by atoms with van der Waals surface area (Å²) in [5.74, 6) is 0. The second kappa shape index (κ2) is 6.04. The predicted octanol–water partition coefficient (Wildman–Crippen LogP) is 2.41. The van der Waals surface area contributed by atoms with Crippen LogP contribution in [-0.2, 0) is 4.74 Å². The Balaban J connectivity index is 2.10. The molecule has 0 radical (unpaired) electrons. The minimum atomic E-state index is -0.0409. The van der Waals surface area contributed by atoms with Crippen LogP contribution in [0.25, 0.3) is 0 Å². The van der Waals surface area contributed by atoms with Crippen LogP contribution in [0.1, 0.15) is 36.6 Å². The van der Waals surface area contributed by atoms with Gasteiger partial charge >= 0.3 is 0 Å². The van der Waals surface area contributed by atoms with E-state index in [1.165, 1.54) is 16.7 Å². The van der Waals surface area contributed by atoms with Gasteiger partial charge in [0, 0.05) is 19.1 Å². The van der Waals surface area contributed by atoms with Crippen molar-refractivity contribution < 1.29 is 4.74 Å². The number of nitrogens with two attached hydrogens (primary N) is 1. The van der Waals surface area contributed by atoms with E-state index in [1.54, 1.807) is 0 Å². The van der Waals surface area contributed by atoms with Crippen molar-refractivity contribution in [3.8, 4) is 0 Å². The third-order valence-corrected chi connectivity index (χ3v) is 4.17. The van der Waals surface area contributed by atoms with Gasteiger partial charge in [-0.3, -0.25) is 4.90 Å². The van der Waals surface area contributed by atoms with E-state index in [0.717, 1.165) is 19.7 Å². The number of hydrogen-bond acceptors (Lipinski definition) is 3. The molecule has 0 spiro atoms. The van der Waals surface area contributed by atoms with Crippen molar-refractivity contribution >= 4 is 0 Å². The normalized spacial score (nSPS) is 22.7. The van der Waals surface area contributed by atoms with Gasteiger partial charge in [-0.1, -0.05) is 18.2 Å². The number of nitrogens with zero attached hydrogens (tertiary/aromatic N) is 1. The molecular weight excluding hydrogens is 236 g/mol. The van der Waals surface area contributed by atoms with Gasteiger partial charge in [-0.15, -0.1) is 0 Å². The molecule has 2 atom stereocenters. The molecule has 1 aliphatic heterocycles. The Hall–Kier alpha value is -0.900. The molecule has 1 aromatic rings. The van der Waals surface area contributed by atoms with E-state index in [1.807, 2.05) is 0 Å². The first-order valence-corrected chi connectivity index (χ1v) is 7.17. The molecular formula is C16H26N2O. The zero-order valence-corrected chi connectivity index (χ0v) is 12.5. The van der Waals surface area contributed by atoms with Crippen LogP contribution in [-0.4, -0.2) is 36.7 Å². The van der Waals surface area contributed by atoms with Crippen LogP contribution in [0.15, 0.2) is 18.2 Å². The smallest absolute Gasteiger partial charge is 0.0894 e. The number of aryl methyl sites for hydroxylation is 2. The Morgan fingerprint density at radius 3 is 2.63 bits per heavy atom. The van der Waals surface area contributed by atoms with Crippen molar-refractivity contribution in [2.75, 3.05) is 19.7 Å². The van der Waals surface area contributed by atoms with Crippen LogP contribution in [0.2, 0.25) is 0 Å². The van der Waals surface area contributed by atoms with E-state index in [9.17, 15) is 0 Å². The molecule has 0 amide bonds. The topological polar surface area (TPSA) is 38.5 Å². The Morgan fingerprint density at radius 1 is 1.26 bits per heavy atom. The van der Waals surface area contributed by atoms with Crippen LogP contribution >= 0.6 is 0 Å². The van der Waals surface area contributed by atoms with Gasteiger partial charge < -0.3 is 10.5 Å². The Kier molecular flexibility index (Phi) is 4.61. The second-order valence-corrected chi connectivity index (χ2v) is 5.87. The molecule has 0 saturated carbocycles. The monoisotopic (exact) mass is 262 g/mol. The van der Waals surface area contributed by atoms with E-state index in [-0.39, 0.29) is 12.1 Å². The highest BCUT2D eigenvalue weighted by atomic mass is 16.5. The number of benzene rings is 1. The molecule has 3 heteroatoms. The van der Waals surface area contributed by atoms with Gasteiger partial charge in [-0.2, -0.15) is 0 Å². The summed E-state index contributed by atoms with van der Waals surface area (Å²) in [6, 6.07) is 6.98. The summed E-state index contributed by atoms with van der Waals surface area (Å²) in [5, 5.41) is 0. The number of ether oxygens (including phenoxy) is 1. The lowest BCUT2D eigenvalue weighted by Crippen LogP contribution is -2.49. The van der Waals surface area contributed by atoms with Crippen LogP contribution < -0.4 is 5.73 Å². The van der Waals surface area contributed by atoms with Crippen molar-refractivity contribution in [1.29, 1.82) is 0 Å². The standard InChI is InChI=1S/C16H26N2O/c1-11(2)18-7-8-19-15(10-18)16(17)14-6-5-12(3)13(4)9-14/h5-6,9,11,15-16H,7-8,10,17H2,1-4H3. The summed E-state index contributed by atoms with van der Waals surface area (Å²) in [6.07, 6.45) is 0.0956. The lowest BCUT2D eigenvalue weighted by molar-refractivity contribution is -0.0502. The highest BCUT2D eigenvalue weighted by molar-refractivity contribution is 5.32. The quantitative estimate of drug-likeness (QED) is 0.909. The first-order valence-electron chi connectivity index (χ1n) is 7.17. The van der Waals surface area contributed by atoms with E-state index in [2.05, 4.69) is 50.8 Å². The molecule has 0 aliphatic carbocycles. The van der Waals surface area contributed by atoms with Crippen molar-refractivity contribution in [3.63, 3.8) is 0 Å². The molecule has 1 fully saturated rings. The summed E-state index contributed by atoms with van der Waals surface area (Å²) in [5.41, 5.74) is 10.2. The van der Waals surface area contributed by atoms with Gasteiger partial charge in [0.1, 0.15) is 0 Å². The molecule has 1 aromatic carbocycles. The molecule has 106 valence electrons. The summed E-state index contributed by atoms with van der Waals surface area (Å²) in [4.78, 5) is 2.44. The van der Waals surface area contributed by atoms with Crippen LogP contribution in [0.3, 0.4) is 0 Å². The zero-order valence-electron chi connectivity index (χ0n) is 12.5. The lowest BCUT2D eigenvalue weighted by Gasteiger charge is -2.38. The molecule has 1 aliphatic rings. The fourth-order valence-corrected chi connectivity index (χ4v) is 2.57. The predicted molar refractivity (Wildman–Crippen MR) is 79.3 cm³/mol. The van der Waals surface area contributed by atoms with Crippen LogP contribution in [0.5, 0.6) is 0 Å². The largest absolute Gasteiger partial charge is 0.374 e. The highest BCUT2D eigenvalue weighted by Gasteiger charge is 2.28. The van der Waals surface area contributed by atoms with Crippen LogP contribution in [0, 0.1) is 13.8 Å². The molecule has 0 aromatic heterocycles. The Morgan fingerprint density at radius 2 is 2.00 bits per heavy atom. The molecule has 19 heavy (non-hydrogen) atoms. The second-order valence-electron chi connectivity index (χ2n) is 5.87.